The largest absolute Gasteiger partial charge is 0.361 e. The second kappa shape index (κ2) is 5.27. The molecule has 2 heterocycles. The van der Waals surface area contributed by atoms with Gasteiger partial charge >= 0.3 is 0 Å². The van der Waals surface area contributed by atoms with Crippen LogP contribution in [0.3, 0.4) is 0 Å². The Hall–Kier alpha value is -1.13. The van der Waals surface area contributed by atoms with E-state index in [1.165, 1.54) is 4.88 Å². The Kier molecular flexibility index (Phi) is 3.74. The van der Waals surface area contributed by atoms with Gasteiger partial charge in [-0.05, 0) is 30.0 Å². The van der Waals surface area contributed by atoms with Crippen molar-refractivity contribution in [3.05, 3.63) is 39.7 Å². The molecule has 5 heteroatoms. The average molecular weight is 254 g/mol. The van der Waals surface area contributed by atoms with Crippen molar-refractivity contribution >= 4 is 28.8 Å². The molecule has 0 bridgehead atoms. The molecule has 0 saturated carbocycles. The molecule has 0 aromatic carbocycles. The summed E-state index contributed by atoms with van der Waals surface area (Å²) in [6.07, 6.45) is 1.00. The maximum Gasteiger partial charge on any atom is 0.151 e. The summed E-state index contributed by atoms with van der Waals surface area (Å²) in [6.45, 7) is 2.14. The van der Waals surface area contributed by atoms with Gasteiger partial charge in [0, 0.05) is 4.88 Å². The van der Waals surface area contributed by atoms with E-state index < -0.39 is 0 Å². The number of nitrogens with zero attached hydrogens (tertiary/aromatic N) is 2. The van der Waals surface area contributed by atoms with Crippen molar-refractivity contribution in [2.75, 3.05) is 5.32 Å². The van der Waals surface area contributed by atoms with Gasteiger partial charge in [0.15, 0.2) is 5.15 Å². The zero-order valence-electron chi connectivity index (χ0n) is 8.85. The molecule has 3 nitrogen and oxygen atoms in total. The Morgan fingerprint density at radius 2 is 2.25 bits per heavy atom. The van der Waals surface area contributed by atoms with Crippen LogP contribution in [-0.4, -0.2) is 10.2 Å². The summed E-state index contributed by atoms with van der Waals surface area (Å²) in [6, 6.07) is 8.03. The molecule has 84 valence electrons. The van der Waals surface area contributed by atoms with Crippen LogP contribution in [-0.2, 0) is 0 Å². The van der Waals surface area contributed by atoms with E-state index >= 15 is 0 Å². The fourth-order valence-corrected chi connectivity index (χ4v) is 2.40. The Labute approximate surface area is 103 Å². The van der Waals surface area contributed by atoms with Crippen LogP contribution in [0.5, 0.6) is 0 Å². The van der Waals surface area contributed by atoms with E-state index in [4.69, 9.17) is 11.6 Å². The molecule has 1 unspecified atom stereocenters. The molecule has 1 atom stereocenters. The molecule has 0 radical (unpaired) electrons. The first-order valence-electron chi connectivity index (χ1n) is 5.08. The summed E-state index contributed by atoms with van der Waals surface area (Å²) in [5.41, 5.74) is 0. The van der Waals surface area contributed by atoms with E-state index in [2.05, 4.69) is 40.0 Å². The lowest BCUT2D eigenvalue weighted by Crippen LogP contribution is -2.09. The molecule has 0 amide bonds. The van der Waals surface area contributed by atoms with Gasteiger partial charge in [-0.2, -0.15) is 0 Å². The summed E-state index contributed by atoms with van der Waals surface area (Å²) in [7, 11) is 0. The number of nitrogens with one attached hydrogen (secondary N) is 1. The minimum absolute atomic E-state index is 0.287. The highest BCUT2D eigenvalue weighted by Crippen LogP contribution is 2.25. The predicted octanol–water partition coefficient (Wildman–Crippen LogP) is 3.75. The molecule has 0 aliphatic carbocycles. The zero-order valence-corrected chi connectivity index (χ0v) is 10.4. The van der Waals surface area contributed by atoms with E-state index in [0.29, 0.717) is 5.15 Å². The molecule has 2 aromatic rings. The van der Waals surface area contributed by atoms with Crippen molar-refractivity contribution in [1.82, 2.24) is 10.2 Å². The molecule has 16 heavy (non-hydrogen) atoms. The Morgan fingerprint density at radius 1 is 1.38 bits per heavy atom. The summed E-state index contributed by atoms with van der Waals surface area (Å²) < 4.78 is 0. The predicted molar refractivity (Wildman–Crippen MR) is 68.0 cm³/mol. The van der Waals surface area contributed by atoms with E-state index in [0.717, 1.165) is 12.2 Å². The number of hydrogen-bond donors (Lipinski definition) is 1. The van der Waals surface area contributed by atoms with Crippen LogP contribution in [0.4, 0.5) is 5.82 Å². The Balaban J connectivity index is 2.10. The topological polar surface area (TPSA) is 37.8 Å². The van der Waals surface area contributed by atoms with Gasteiger partial charge in [0.2, 0.25) is 0 Å². The van der Waals surface area contributed by atoms with E-state index in [9.17, 15) is 0 Å². The lowest BCUT2D eigenvalue weighted by Gasteiger charge is -2.15. The number of thiophene rings is 1. The monoisotopic (exact) mass is 253 g/mol. The quantitative estimate of drug-likeness (QED) is 0.902. The second-order valence-corrected chi connectivity index (χ2v) is 4.73. The first-order chi connectivity index (χ1) is 7.79. The summed E-state index contributed by atoms with van der Waals surface area (Å²) >= 11 is 7.42. The lowest BCUT2D eigenvalue weighted by molar-refractivity contribution is 0.754. The standard InChI is InChI=1S/C11H12ClN3S/c1-2-8(9-4-3-7-16-9)13-11-6-5-10(12)14-15-11/h3-8H,2H2,1H3,(H,13,15). The molecule has 0 aliphatic heterocycles. The van der Waals surface area contributed by atoms with Crippen molar-refractivity contribution in [3.8, 4) is 0 Å². The number of rotatable bonds is 4. The van der Waals surface area contributed by atoms with Crippen LogP contribution in [0.2, 0.25) is 5.15 Å². The van der Waals surface area contributed by atoms with E-state index in [1.807, 2.05) is 6.07 Å². The minimum atomic E-state index is 0.287. The Bertz CT molecular complexity index is 427. The molecule has 2 rings (SSSR count). The van der Waals surface area contributed by atoms with Gasteiger partial charge in [0.1, 0.15) is 5.82 Å². The highest BCUT2D eigenvalue weighted by atomic mass is 35.5. The summed E-state index contributed by atoms with van der Waals surface area (Å²) in [5, 5.41) is 13.6. The third-order valence-corrected chi connectivity index (χ3v) is 3.44. The minimum Gasteiger partial charge on any atom is -0.361 e. The molecule has 0 saturated heterocycles. The molecule has 1 N–H and O–H groups in total. The summed E-state index contributed by atoms with van der Waals surface area (Å²) in [5.74, 6) is 0.754. The fourth-order valence-electron chi connectivity index (χ4n) is 1.44. The second-order valence-electron chi connectivity index (χ2n) is 3.36. The highest BCUT2D eigenvalue weighted by Gasteiger charge is 2.10. The number of anilines is 1. The van der Waals surface area contributed by atoms with Crippen LogP contribution in [0.1, 0.15) is 24.3 Å². The van der Waals surface area contributed by atoms with Gasteiger partial charge in [-0.3, -0.25) is 0 Å². The highest BCUT2D eigenvalue weighted by molar-refractivity contribution is 7.10. The van der Waals surface area contributed by atoms with Crippen molar-refractivity contribution in [2.24, 2.45) is 0 Å². The first-order valence-corrected chi connectivity index (χ1v) is 6.34. The van der Waals surface area contributed by atoms with Gasteiger partial charge in [-0.15, -0.1) is 21.5 Å². The van der Waals surface area contributed by atoms with Crippen LogP contribution in [0, 0.1) is 0 Å². The van der Waals surface area contributed by atoms with Gasteiger partial charge < -0.3 is 5.32 Å². The van der Waals surface area contributed by atoms with Crippen LogP contribution >= 0.6 is 22.9 Å². The average Bonchev–Trinajstić information content (AvgIpc) is 2.82. The fraction of sp³-hybridized carbons (Fsp3) is 0.273. The smallest absolute Gasteiger partial charge is 0.151 e. The molecule has 0 fully saturated rings. The van der Waals surface area contributed by atoms with Crippen LogP contribution in [0.25, 0.3) is 0 Å². The SMILES string of the molecule is CCC(Nc1ccc(Cl)nn1)c1cccs1. The van der Waals surface area contributed by atoms with Crippen molar-refractivity contribution in [1.29, 1.82) is 0 Å². The van der Waals surface area contributed by atoms with Crippen LogP contribution < -0.4 is 5.32 Å². The third kappa shape index (κ3) is 2.71. The maximum atomic E-state index is 5.68. The third-order valence-electron chi connectivity index (χ3n) is 2.25. The normalized spacial score (nSPS) is 12.4. The van der Waals surface area contributed by atoms with Gasteiger partial charge in [0.05, 0.1) is 6.04 Å². The lowest BCUT2D eigenvalue weighted by atomic mass is 10.2. The number of hydrogen-bond acceptors (Lipinski definition) is 4. The van der Waals surface area contributed by atoms with Crippen molar-refractivity contribution < 1.29 is 0 Å². The number of aromatic nitrogens is 2. The molecular formula is C11H12ClN3S. The zero-order chi connectivity index (χ0) is 11.4. The first kappa shape index (κ1) is 11.4. The molecule has 0 aliphatic rings. The van der Waals surface area contributed by atoms with Crippen molar-refractivity contribution in [2.45, 2.75) is 19.4 Å². The maximum absolute atomic E-state index is 5.68. The van der Waals surface area contributed by atoms with Crippen molar-refractivity contribution in [3.63, 3.8) is 0 Å². The van der Waals surface area contributed by atoms with Gasteiger partial charge in [-0.25, -0.2) is 0 Å². The molecule has 2 aromatic heterocycles. The summed E-state index contributed by atoms with van der Waals surface area (Å²) in [4.78, 5) is 1.30. The molecule has 0 spiro atoms. The van der Waals surface area contributed by atoms with Gasteiger partial charge in [-0.1, -0.05) is 24.6 Å². The van der Waals surface area contributed by atoms with Crippen LogP contribution in [0.15, 0.2) is 29.6 Å². The van der Waals surface area contributed by atoms with Gasteiger partial charge in [0.25, 0.3) is 0 Å². The Morgan fingerprint density at radius 3 is 2.81 bits per heavy atom. The molecular weight excluding hydrogens is 242 g/mol. The van der Waals surface area contributed by atoms with E-state index in [1.54, 1.807) is 17.4 Å². The number of halogens is 1. The van der Waals surface area contributed by atoms with E-state index in [-0.39, 0.29) is 6.04 Å².